The number of anilines is 3. The minimum Gasteiger partial charge on any atom is -0.456 e. The van der Waals surface area contributed by atoms with E-state index in [2.05, 4.69) is 278 Å². The SMILES string of the molecule is c1ccc(-c2ccc(-c3ccc(N(c4ccc(-c5ccc6c(ccc7ccccc76)c5)cc4)c4ccc(-c5ccccc5-c5ccccc5-c5ccccc5)cc4)cc3)cc2-c2cc3ccccc3o2)cc1. The first kappa shape index (κ1) is 42.6. The molecule has 0 N–H and O–H groups in total. The Morgan fingerprint density at radius 1 is 0.222 bits per heavy atom. The molecule has 0 aliphatic carbocycles. The van der Waals surface area contributed by atoms with Crippen LogP contribution in [0.4, 0.5) is 17.1 Å². The van der Waals surface area contributed by atoms with Gasteiger partial charge in [0.2, 0.25) is 0 Å². The van der Waals surface area contributed by atoms with Gasteiger partial charge in [0, 0.05) is 28.0 Å². The fourth-order valence-electron chi connectivity index (χ4n) is 10.5. The first-order valence-corrected chi connectivity index (χ1v) is 24.6. The number of para-hydroxylation sites is 1. The van der Waals surface area contributed by atoms with E-state index in [0.717, 1.165) is 67.2 Å². The number of fused-ring (bicyclic) bond motifs is 4. The molecule has 0 bridgehead atoms. The fraction of sp³-hybridized carbons (Fsp3) is 0. The minimum atomic E-state index is 0.854. The molecule has 0 atom stereocenters. The van der Waals surface area contributed by atoms with Crippen molar-refractivity contribution in [2.45, 2.75) is 0 Å². The Bertz CT molecular complexity index is 4030. The normalized spacial score (nSPS) is 11.3. The Kier molecular flexibility index (Phi) is 10.9. The largest absolute Gasteiger partial charge is 0.456 e. The summed E-state index contributed by atoms with van der Waals surface area (Å²) < 4.78 is 6.51. The Hall–Kier alpha value is -9.50. The number of hydrogen-bond donors (Lipinski definition) is 0. The highest BCUT2D eigenvalue weighted by Crippen LogP contribution is 2.43. The lowest BCUT2D eigenvalue weighted by Crippen LogP contribution is -2.09. The number of furan rings is 1. The van der Waals surface area contributed by atoms with E-state index in [1.807, 2.05) is 12.1 Å². The molecular weight excluding hydrogens is 871 g/mol. The van der Waals surface area contributed by atoms with Gasteiger partial charge < -0.3 is 9.32 Å². The third-order valence-electron chi connectivity index (χ3n) is 14.1. The van der Waals surface area contributed by atoms with Gasteiger partial charge in [0.05, 0.1) is 0 Å². The highest BCUT2D eigenvalue weighted by atomic mass is 16.3. The quantitative estimate of drug-likeness (QED) is 0.127. The van der Waals surface area contributed by atoms with E-state index >= 15 is 0 Å². The lowest BCUT2D eigenvalue weighted by atomic mass is 9.89. The summed E-state index contributed by atoms with van der Waals surface area (Å²) in [6.07, 6.45) is 0. The summed E-state index contributed by atoms with van der Waals surface area (Å²) in [5.74, 6) is 0.854. The summed E-state index contributed by atoms with van der Waals surface area (Å²) in [5.41, 5.74) is 19.2. The maximum atomic E-state index is 6.51. The highest BCUT2D eigenvalue weighted by Gasteiger charge is 2.18. The average Bonchev–Trinajstić information content (AvgIpc) is 3.91. The van der Waals surface area contributed by atoms with Crippen molar-refractivity contribution in [2.24, 2.45) is 0 Å². The molecule has 2 heteroatoms. The number of hydrogen-bond acceptors (Lipinski definition) is 2. The van der Waals surface area contributed by atoms with Gasteiger partial charge in [-0.15, -0.1) is 0 Å². The molecule has 13 aromatic rings. The van der Waals surface area contributed by atoms with Gasteiger partial charge in [-0.05, 0) is 149 Å². The molecule has 1 aromatic heterocycles. The van der Waals surface area contributed by atoms with E-state index < -0.39 is 0 Å². The third-order valence-corrected chi connectivity index (χ3v) is 14.1. The molecule has 1 heterocycles. The van der Waals surface area contributed by atoms with E-state index in [-0.39, 0.29) is 0 Å². The standard InChI is InChI=1S/C70H47NO/c1-3-15-50(16-4-1)62-22-10-12-24-66(62)67-25-13-11-23-63(67)53-33-41-60(42-34-53)71(58-37-29-48(30-38-58)54-35-44-65-56(45-54)28-27-52-19-7-9-21-61(52)65)59-39-31-49(32-40-59)55-36-43-64(51-17-5-2-6-18-51)68(46-55)70-47-57-20-8-14-26-69(57)72-70/h1-47H. The molecular formula is C70H47NO. The van der Waals surface area contributed by atoms with Crippen molar-refractivity contribution in [3.05, 3.63) is 285 Å². The predicted molar refractivity (Wildman–Crippen MR) is 304 cm³/mol. The van der Waals surface area contributed by atoms with Gasteiger partial charge in [-0.3, -0.25) is 0 Å². The van der Waals surface area contributed by atoms with Gasteiger partial charge in [-0.2, -0.15) is 0 Å². The van der Waals surface area contributed by atoms with Gasteiger partial charge in [0.15, 0.2) is 0 Å². The smallest absolute Gasteiger partial charge is 0.136 e. The monoisotopic (exact) mass is 917 g/mol. The zero-order valence-corrected chi connectivity index (χ0v) is 39.5. The van der Waals surface area contributed by atoms with Crippen LogP contribution in [0.25, 0.3) is 111 Å². The Balaban J connectivity index is 0.882. The molecule has 0 unspecified atom stereocenters. The van der Waals surface area contributed by atoms with Crippen molar-refractivity contribution in [1.29, 1.82) is 0 Å². The Morgan fingerprint density at radius 3 is 1.24 bits per heavy atom. The third kappa shape index (κ3) is 8.01. The van der Waals surface area contributed by atoms with Crippen LogP contribution in [-0.2, 0) is 0 Å². The lowest BCUT2D eigenvalue weighted by Gasteiger charge is -2.26. The molecule has 0 spiro atoms. The number of nitrogens with zero attached hydrogens (tertiary/aromatic N) is 1. The minimum absolute atomic E-state index is 0.854. The number of rotatable bonds is 10. The van der Waals surface area contributed by atoms with E-state index in [4.69, 9.17) is 4.42 Å². The molecule has 0 saturated heterocycles. The second-order valence-electron chi connectivity index (χ2n) is 18.4. The van der Waals surface area contributed by atoms with Crippen LogP contribution in [-0.4, -0.2) is 0 Å². The first-order valence-electron chi connectivity index (χ1n) is 24.6. The Morgan fingerprint density at radius 2 is 0.639 bits per heavy atom. The van der Waals surface area contributed by atoms with Crippen LogP contribution in [0.1, 0.15) is 0 Å². The molecule has 0 saturated carbocycles. The molecule has 0 radical (unpaired) electrons. The van der Waals surface area contributed by atoms with Crippen LogP contribution >= 0.6 is 0 Å². The molecule has 338 valence electrons. The molecule has 0 aliphatic heterocycles. The van der Waals surface area contributed by atoms with Crippen LogP contribution in [0, 0.1) is 0 Å². The van der Waals surface area contributed by atoms with Crippen molar-refractivity contribution in [3.63, 3.8) is 0 Å². The zero-order chi connectivity index (χ0) is 47.8. The van der Waals surface area contributed by atoms with Gasteiger partial charge in [0.25, 0.3) is 0 Å². The summed E-state index contributed by atoms with van der Waals surface area (Å²) in [7, 11) is 0. The van der Waals surface area contributed by atoms with Crippen LogP contribution in [0.5, 0.6) is 0 Å². The molecule has 72 heavy (non-hydrogen) atoms. The van der Waals surface area contributed by atoms with Gasteiger partial charge in [-0.25, -0.2) is 0 Å². The van der Waals surface area contributed by atoms with E-state index in [0.29, 0.717) is 0 Å². The summed E-state index contributed by atoms with van der Waals surface area (Å²) in [5, 5.41) is 6.13. The second-order valence-corrected chi connectivity index (χ2v) is 18.4. The van der Waals surface area contributed by atoms with Crippen molar-refractivity contribution >= 4 is 49.6 Å². The maximum absolute atomic E-state index is 6.51. The summed E-state index contributed by atoms with van der Waals surface area (Å²) in [4.78, 5) is 2.36. The van der Waals surface area contributed by atoms with Crippen molar-refractivity contribution in [1.82, 2.24) is 0 Å². The van der Waals surface area contributed by atoms with Gasteiger partial charge in [0.1, 0.15) is 11.3 Å². The second kappa shape index (κ2) is 18.4. The van der Waals surface area contributed by atoms with Crippen molar-refractivity contribution in [3.8, 4) is 78.1 Å². The molecule has 2 nitrogen and oxygen atoms in total. The predicted octanol–water partition coefficient (Wildman–Crippen LogP) is 19.9. The van der Waals surface area contributed by atoms with Crippen LogP contribution in [0.3, 0.4) is 0 Å². The summed E-state index contributed by atoms with van der Waals surface area (Å²) >= 11 is 0. The lowest BCUT2D eigenvalue weighted by molar-refractivity contribution is 0.632. The molecule has 13 rings (SSSR count). The summed E-state index contributed by atoms with van der Waals surface area (Å²) in [6, 6.07) is 103. The topological polar surface area (TPSA) is 16.4 Å². The highest BCUT2D eigenvalue weighted by molar-refractivity contribution is 6.08. The average molecular weight is 918 g/mol. The molecule has 0 amide bonds. The van der Waals surface area contributed by atoms with Crippen LogP contribution < -0.4 is 4.90 Å². The van der Waals surface area contributed by atoms with Gasteiger partial charge >= 0.3 is 0 Å². The maximum Gasteiger partial charge on any atom is 0.136 e. The summed E-state index contributed by atoms with van der Waals surface area (Å²) in [6.45, 7) is 0. The zero-order valence-electron chi connectivity index (χ0n) is 39.5. The van der Waals surface area contributed by atoms with Crippen molar-refractivity contribution < 1.29 is 4.42 Å². The number of benzene rings is 12. The van der Waals surface area contributed by atoms with Crippen molar-refractivity contribution in [2.75, 3.05) is 4.90 Å². The first-order chi connectivity index (χ1) is 35.7. The molecule has 12 aromatic carbocycles. The van der Waals surface area contributed by atoms with E-state index in [1.165, 1.54) is 60.5 Å². The fourth-order valence-corrected chi connectivity index (χ4v) is 10.5. The van der Waals surface area contributed by atoms with E-state index in [1.54, 1.807) is 0 Å². The van der Waals surface area contributed by atoms with Crippen LogP contribution in [0.2, 0.25) is 0 Å². The van der Waals surface area contributed by atoms with E-state index in [9.17, 15) is 0 Å². The molecule has 0 aliphatic rings. The molecule has 0 fully saturated rings. The van der Waals surface area contributed by atoms with Gasteiger partial charge in [-0.1, -0.05) is 224 Å². The Labute approximate surface area is 420 Å². The van der Waals surface area contributed by atoms with Crippen LogP contribution in [0.15, 0.2) is 290 Å².